The van der Waals surface area contributed by atoms with Crippen molar-refractivity contribution in [2.45, 2.75) is 39.3 Å². The van der Waals surface area contributed by atoms with Crippen LogP contribution in [0.25, 0.3) is 0 Å². The Morgan fingerprint density at radius 2 is 1.92 bits per heavy atom. The lowest BCUT2D eigenvalue weighted by Crippen LogP contribution is -2.60. The fourth-order valence-electron chi connectivity index (χ4n) is 2.80. The fraction of sp³-hybridized carbons (Fsp3) is 0.471. The van der Waals surface area contributed by atoms with E-state index in [1.807, 2.05) is 38.1 Å². The highest BCUT2D eigenvalue weighted by Gasteiger charge is 2.47. The Kier molecular flexibility index (Phi) is 3.95. The summed E-state index contributed by atoms with van der Waals surface area (Å²) in [7, 11) is 1.72. The molecule has 0 aliphatic carbocycles. The van der Waals surface area contributed by atoms with Gasteiger partial charge in [-0.25, -0.2) is 24.4 Å². The molecule has 2 aliphatic rings. The molecule has 1 aromatic carbocycles. The molecule has 7 heteroatoms. The number of para-hydroxylation sites is 2. The van der Waals surface area contributed by atoms with Crippen molar-refractivity contribution in [3.05, 3.63) is 24.3 Å². The molecule has 1 aromatic rings. The third-order valence-electron chi connectivity index (χ3n) is 4.45. The van der Waals surface area contributed by atoms with E-state index >= 15 is 0 Å². The maximum Gasteiger partial charge on any atom is 0.333 e. The monoisotopic (exact) mass is 329 g/mol. The Labute approximate surface area is 141 Å². The number of fused-ring (bicyclic) bond motifs is 3. The van der Waals surface area contributed by atoms with Crippen molar-refractivity contribution in [3.63, 3.8) is 0 Å². The zero-order chi connectivity index (χ0) is 17.5. The molecule has 0 fully saturated rings. The van der Waals surface area contributed by atoms with Crippen molar-refractivity contribution >= 4 is 29.4 Å². The minimum Gasteiger partial charge on any atom is -0.337 e. The first kappa shape index (κ1) is 16.3. The molecule has 3 rings (SSSR count). The van der Waals surface area contributed by atoms with E-state index in [-0.39, 0.29) is 12.1 Å². The molecule has 0 spiro atoms. The molecule has 0 saturated carbocycles. The first-order valence-electron chi connectivity index (χ1n) is 8.23. The van der Waals surface area contributed by atoms with E-state index in [1.165, 1.54) is 9.80 Å². The Balaban J connectivity index is 2.05. The zero-order valence-electron chi connectivity index (χ0n) is 14.5. The summed E-state index contributed by atoms with van der Waals surface area (Å²) in [4.78, 5) is 34.8. The summed E-state index contributed by atoms with van der Waals surface area (Å²) in [5.41, 5.74) is 0.631. The molecule has 0 unspecified atom stereocenters. The first-order valence-corrected chi connectivity index (χ1v) is 8.23. The minimum atomic E-state index is -0.715. The molecule has 0 atom stereocenters. The first-order chi connectivity index (χ1) is 11.4. The standard InChI is InChI=1S/C17H23N5O2/c1-5-6-11-18-15(23)21-12-9-7-8-10-13(12)22-14(21)19-17(2,3)20(4)16(22)24/h7-10H,5-6,11H2,1-4H3,(H,18,23). The number of carbonyl (C=O) groups excluding carboxylic acids is 2. The van der Waals surface area contributed by atoms with Gasteiger partial charge in [-0.05, 0) is 32.4 Å². The summed E-state index contributed by atoms with van der Waals surface area (Å²) in [6, 6.07) is 6.90. The topological polar surface area (TPSA) is 68.2 Å². The molecule has 0 saturated heterocycles. The number of unbranched alkanes of at least 4 members (excludes halogenated alkanes) is 1. The van der Waals surface area contributed by atoms with Gasteiger partial charge in [-0.15, -0.1) is 0 Å². The van der Waals surface area contributed by atoms with Crippen LogP contribution in [0, 0.1) is 0 Å². The summed E-state index contributed by atoms with van der Waals surface area (Å²) in [6.45, 7) is 6.37. The van der Waals surface area contributed by atoms with Crippen LogP contribution in [0.3, 0.4) is 0 Å². The van der Waals surface area contributed by atoms with Crippen molar-refractivity contribution in [3.8, 4) is 0 Å². The predicted octanol–water partition coefficient (Wildman–Crippen LogP) is 2.98. The molecule has 4 amide bonds. The minimum absolute atomic E-state index is 0.193. The Bertz CT molecular complexity index is 713. The molecular formula is C17H23N5O2. The van der Waals surface area contributed by atoms with Crippen LogP contribution in [0.2, 0.25) is 0 Å². The lowest BCUT2D eigenvalue weighted by Gasteiger charge is -2.40. The van der Waals surface area contributed by atoms with Crippen LogP contribution >= 0.6 is 0 Å². The Morgan fingerprint density at radius 1 is 1.25 bits per heavy atom. The van der Waals surface area contributed by atoms with Gasteiger partial charge in [0.15, 0.2) is 0 Å². The highest BCUT2D eigenvalue weighted by molar-refractivity contribution is 6.35. The van der Waals surface area contributed by atoms with E-state index in [9.17, 15) is 9.59 Å². The summed E-state index contributed by atoms with van der Waals surface area (Å²) >= 11 is 0. The van der Waals surface area contributed by atoms with Crippen molar-refractivity contribution in [1.29, 1.82) is 0 Å². The third kappa shape index (κ3) is 2.40. The van der Waals surface area contributed by atoms with Gasteiger partial charge < -0.3 is 10.2 Å². The zero-order valence-corrected chi connectivity index (χ0v) is 14.5. The lowest BCUT2D eigenvalue weighted by atomic mass is 10.2. The van der Waals surface area contributed by atoms with E-state index in [1.54, 1.807) is 11.9 Å². The van der Waals surface area contributed by atoms with E-state index in [0.29, 0.717) is 23.9 Å². The van der Waals surface area contributed by atoms with Crippen LogP contribution < -0.4 is 15.1 Å². The van der Waals surface area contributed by atoms with Gasteiger partial charge in [0.1, 0.15) is 5.66 Å². The number of nitrogens with zero attached hydrogens (tertiary/aromatic N) is 4. The summed E-state index contributed by atoms with van der Waals surface area (Å²) in [5, 5.41) is 2.91. The van der Waals surface area contributed by atoms with Gasteiger partial charge in [0.25, 0.3) is 0 Å². The number of rotatable bonds is 3. The molecule has 0 aromatic heterocycles. The molecule has 24 heavy (non-hydrogen) atoms. The molecule has 128 valence electrons. The average molecular weight is 329 g/mol. The van der Waals surface area contributed by atoms with E-state index < -0.39 is 5.66 Å². The van der Waals surface area contributed by atoms with Crippen LogP contribution in [0.4, 0.5) is 21.0 Å². The second-order valence-electron chi connectivity index (χ2n) is 6.49. The normalized spacial score (nSPS) is 18.2. The van der Waals surface area contributed by atoms with E-state index in [4.69, 9.17) is 0 Å². The summed E-state index contributed by atoms with van der Waals surface area (Å²) in [5.74, 6) is 0.360. The smallest absolute Gasteiger partial charge is 0.333 e. The molecule has 1 N–H and O–H groups in total. The molecule has 2 heterocycles. The van der Waals surface area contributed by atoms with Crippen molar-refractivity contribution in [2.24, 2.45) is 4.99 Å². The van der Waals surface area contributed by atoms with Gasteiger partial charge in [-0.1, -0.05) is 25.5 Å². The third-order valence-corrected chi connectivity index (χ3v) is 4.45. The fourth-order valence-corrected chi connectivity index (χ4v) is 2.80. The SMILES string of the molecule is CCCCNC(=O)N1C2=NC(C)(C)N(C)C(=O)N2c2ccccc21. The number of carbonyl (C=O) groups is 2. The molecule has 2 aliphatic heterocycles. The van der Waals surface area contributed by atoms with Crippen molar-refractivity contribution in [1.82, 2.24) is 10.2 Å². The maximum atomic E-state index is 12.8. The average Bonchev–Trinajstić information content (AvgIpc) is 2.86. The lowest BCUT2D eigenvalue weighted by molar-refractivity contribution is 0.164. The number of hydrogen-bond acceptors (Lipinski definition) is 3. The van der Waals surface area contributed by atoms with Gasteiger partial charge in [-0.3, -0.25) is 0 Å². The van der Waals surface area contributed by atoms with Crippen LogP contribution in [0.15, 0.2) is 29.3 Å². The van der Waals surface area contributed by atoms with Gasteiger partial charge in [-0.2, -0.15) is 0 Å². The van der Waals surface area contributed by atoms with Gasteiger partial charge in [0.2, 0.25) is 5.96 Å². The number of nitrogens with one attached hydrogen (secondary N) is 1. The van der Waals surface area contributed by atoms with Crippen molar-refractivity contribution in [2.75, 3.05) is 23.4 Å². The Morgan fingerprint density at radius 3 is 2.58 bits per heavy atom. The predicted molar refractivity (Wildman–Crippen MR) is 94.4 cm³/mol. The van der Waals surface area contributed by atoms with Gasteiger partial charge >= 0.3 is 12.1 Å². The summed E-state index contributed by atoms with van der Waals surface area (Å²) in [6.07, 6.45) is 1.91. The van der Waals surface area contributed by atoms with Crippen molar-refractivity contribution < 1.29 is 9.59 Å². The highest BCUT2D eigenvalue weighted by Crippen LogP contribution is 2.41. The number of urea groups is 2. The number of hydrogen-bond donors (Lipinski definition) is 1. The molecule has 0 radical (unpaired) electrons. The summed E-state index contributed by atoms with van der Waals surface area (Å²) < 4.78 is 0. The second kappa shape index (κ2) is 5.81. The quantitative estimate of drug-likeness (QED) is 0.866. The van der Waals surface area contributed by atoms with E-state index in [0.717, 1.165) is 12.8 Å². The van der Waals surface area contributed by atoms with Gasteiger partial charge in [0, 0.05) is 13.6 Å². The van der Waals surface area contributed by atoms with Crippen LogP contribution in [-0.2, 0) is 0 Å². The number of guanidine groups is 1. The number of anilines is 2. The number of benzene rings is 1. The largest absolute Gasteiger partial charge is 0.337 e. The van der Waals surface area contributed by atoms with Crippen LogP contribution in [0.1, 0.15) is 33.6 Å². The van der Waals surface area contributed by atoms with Crippen LogP contribution in [0.5, 0.6) is 0 Å². The highest BCUT2D eigenvalue weighted by atomic mass is 16.2. The van der Waals surface area contributed by atoms with Crippen LogP contribution in [-0.4, -0.2) is 42.2 Å². The molecule has 0 bridgehead atoms. The number of aliphatic imine (C=N–C) groups is 1. The Hall–Kier alpha value is -2.57. The molecular weight excluding hydrogens is 306 g/mol. The van der Waals surface area contributed by atoms with E-state index in [2.05, 4.69) is 17.2 Å². The number of amides is 4. The molecule has 7 nitrogen and oxygen atoms in total. The second-order valence-corrected chi connectivity index (χ2v) is 6.49. The maximum absolute atomic E-state index is 12.8. The van der Waals surface area contributed by atoms with Gasteiger partial charge in [0.05, 0.1) is 11.4 Å².